The molecule has 0 bridgehead atoms. The van der Waals surface area contributed by atoms with Crippen molar-refractivity contribution in [2.24, 2.45) is 0 Å². The number of unbranched alkanes of at least 4 members (excludes halogenated alkanes) is 3. The van der Waals surface area contributed by atoms with E-state index in [-0.39, 0.29) is 31.1 Å². The molecule has 3 amide bonds. The van der Waals surface area contributed by atoms with Gasteiger partial charge in [0.2, 0.25) is 0 Å². The maximum atomic E-state index is 14.3. The second-order valence-electron chi connectivity index (χ2n) is 12.8. The first-order chi connectivity index (χ1) is 24.1. The Labute approximate surface area is 299 Å². The Kier molecular flexibility index (Phi) is 12.3. The molecule has 11 heteroatoms. The Morgan fingerprint density at radius 2 is 1.72 bits per heavy atom. The van der Waals surface area contributed by atoms with Crippen LogP contribution >= 0.6 is 11.6 Å². The second-order valence-corrected chi connectivity index (χ2v) is 13.2. The maximum Gasteiger partial charge on any atom is 0.418 e. The lowest BCUT2D eigenvalue weighted by Gasteiger charge is -2.26. The monoisotopic (exact) mass is 703 g/mol. The Morgan fingerprint density at radius 1 is 0.980 bits per heavy atom. The molecular weight excluding hydrogens is 656 g/mol. The van der Waals surface area contributed by atoms with Crippen molar-refractivity contribution in [3.05, 3.63) is 98.6 Å². The van der Waals surface area contributed by atoms with Gasteiger partial charge in [0.1, 0.15) is 11.6 Å². The van der Waals surface area contributed by atoms with E-state index in [0.29, 0.717) is 30.2 Å². The Morgan fingerprint density at radius 3 is 2.48 bits per heavy atom. The van der Waals surface area contributed by atoms with Gasteiger partial charge in [-0.05, 0) is 81.8 Å². The summed E-state index contributed by atoms with van der Waals surface area (Å²) in [7, 11) is 0. The van der Waals surface area contributed by atoms with E-state index in [1.165, 1.54) is 4.57 Å². The van der Waals surface area contributed by atoms with Crippen LogP contribution in [0.15, 0.2) is 65.5 Å². The standard InChI is InChI=1S/C39H45ClN4O6.H/c1-5-7-9-13-27-23-25(3)18-20-32(27)49-22-12-21-43-35(41-30-19-17-26(4)24-28(30)37(43)46)34(36(45)42-31-15-11-10-14-29(31)40)44-38(47)33(16-8-6-2)50-39(44)48;/h10-11,14-15,17-20,23-24,33-34H,5-9,12-13,16,21-22H2,1-4H3,(H,42,45);/q;-1/i;1+2. The van der Waals surface area contributed by atoms with Crippen molar-refractivity contribution in [1.29, 1.82) is 0 Å². The molecule has 10 nitrogen and oxygen atoms in total. The van der Waals surface area contributed by atoms with Crippen molar-refractivity contribution in [3.63, 3.8) is 0 Å². The number of anilines is 1. The van der Waals surface area contributed by atoms with E-state index < -0.39 is 35.6 Å². The number of fused-ring (bicyclic) bond motifs is 1. The number of para-hydroxylation sites is 1. The summed E-state index contributed by atoms with van der Waals surface area (Å²) in [5, 5.41) is 3.37. The van der Waals surface area contributed by atoms with Crippen molar-refractivity contribution in [3.8, 4) is 5.75 Å². The number of aromatic nitrogens is 2. The highest BCUT2D eigenvalue weighted by molar-refractivity contribution is 6.33. The van der Waals surface area contributed by atoms with Crippen LogP contribution in [0.5, 0.6) is 5.75 Å². The molecule has 5 rings (SSSR count). The zero-order chi connectivity index (χ0) is 35.8. The van der Waals surface area contributed by atoms with Gasteiger partial charge in [0.25, 0.3) is 17.4 Å². The van der Waals surface area contributed by atoms with Gasteiger partial charge in [0, 0.05) is 6.54 Å². The fourth-order valence-electron chi connectivity index (χ4n) is 6.18. The van der Waals surface area contributed by atoms with E-state index in [9.17, 15) is 19.2 Å². The summed E-state index contributed by atoms with van der Waals surface area (Å²) >= 11 is 6.38. The highest BCUT2D eigenvalue weighted by atomic mass is 35.5. The summed E-state index contributed by atoms with van der Waals surface area (Å²) in [5.74, 6) is -0.690. The molecule has 0 saturated carbocycles. The number of rotatable bonds is 16. The molecular formula is C39H46ClN4O6-. The third-order valence-corrected chi connectivity index (χ3v) is 9.17. The summed E-state index contributed by atoms with van der Waals surface area (Å²) in [6.07, 6.45) is 4.32. The van der Waals surface area contributed by atoms with Crippen molar-refractivity contribution < 1.29 is 25.3 Å². The Bertz CT molecular complexity index is 1930. The molecule has 50 heavy (non-hydrogen) atoms. The highest BCUT2D eigenvalue weighted by Crippen LogP contribution is 2.32. The van der Waals surface area contributed by atoms with Gasteiger partial charge in [-0.15, -0.1) is 0 Å². The SMILES string of the molecule is CCCCCc1cc(C)ccc1OCCCn1c(C(C(=O)Nc2ccccc2Cl)N2C(=O)OC(CCCC)C2=O)nc2ccc(C)cc2c1=O.[3H-]. The number of hydrogen-bond donors (Lipinski definition) is 1. The number of carbonyl (C=O) groups excluding carboxylic acids is 3. The number of amides is 3. The zero-order valence-electron chi connectivity index (χ0n) is 30.2. The van der Waals surface area contributed by atoms with Gasteiger partial charge in [-0.1, -0.05) is 86.2 Å². The molecule has 3 aromatic carbocycles. The van der Waals surface area contributed by atoms with Crippen molar-refractivity contribution in [2.75, 3.05) is 11.9 Å². The number of benzene rings is 3. The number of cyclic esters (lactones) is 1. The summed E-state index contributed by atoms with van der Waals surface area (Å²) in [6.45, 7) is 8.45. The number of nitrogens with one attached hydrogen (secondary N) is 1. The quantitative estimate of drug-likeness (QED) is 0.117. The van der Waals surface area contributed by atoms with Crippen molar-refractivity contribution in [1.82, 2.24) is 14.5 Å². The highest BCUT2D eigenvalue weighted by Gasteiger charge is 2.49. The average molecular weight is 704 g/mol. The van der Waals surface area contributed by atoms with Gasteiger partial charge in [-0.2, -0.15) is 0 Å². The lowest BCUT2D eigenvalue weighted by molar-refractivity contribution is -0.135. The summed E-state index contributed by atoms with van der Waals surface area (Å²) < 4.78 is 13.1. The number of nitrogens with zero attached hydrogens (tertiary/aromatic N) is 3. The number of imide groups is 1. The van der Waals surface area contributed by atoms with Gasteiger partial charge in [-0.25, -0.2) is 14.7 Å². The molecule has 266 valence electrons. The van der Waals surface area contributed by atoms with Crippen LogP contribution in [0, 0.1) is 13.8 Å². The summed E-state index contributed by atoms with van der Waals surface area (Å²) in [6, 6.07) is 16.4. The molecule has 1 fully saturated rings. The van der Waals surface area contributed by atoms with Gasteiger partial charge in [0.05, 0.1) is 28.2 Å². The lowest BCUT2D eigenvalue weighted by atomic mass is 10.0. The molecule has 1 aromatic heterocycles. The smallest absolute Gasteiger partial charge is 0.418 e. The molecule has 1 aliphatic heterocycles. The number of ether oxygens (including phenoxy) is 2. The first-order valence-electron chi connectivity index (χ1n) is 17.4. The normalized spacial score (nSPS) is 15.0. The second kappa shape index (κ2) is 16.8. The van der Waals surface area contributed by atoms with Gasteiger partial charge >= 0.3 is 6.09 Å². The number of aryl methyl sites for hydroxylation is 3. The van der Waals surface area contributed by atoms with Crippen LogP contribution < -0.4 is 15.6 Å². The van der Waals surface area contributed by atoms with E-state index in [1.807, 2.05) is 32.0 Å². The maximum absolute atomic E-state index is 14.3. The van der Waals surface area contributed by atoms with Crippen LogP contribution in [0.3, 0.4) is 0 Å². The fraction of sp³-hybridized carbons (Fsp3) is 0.410. The first kappa shape index (κ1) is 36.6. The minimum Gasteiger partial charge on any atom is -1.00 e. The van der Waals surface area contributed by atoms with Gasteiger partial charge < -0.3 is 16.2 Å². The molecule has 2 unspecified atom stereocenters. The molecule has 0 spiro atoms. The van der Waals surface area contributed by atoms with Crippen LogP contribution in [-0.4, -0.2) is 45.1 Å². The molecule has 2 heterocycles. The number of halogens is 1. The van der Waals surface area contributed by atoms with E-state index in [4.69, 9.17) is 26.1 Å². The molecule has 4 aromatic rings. The largest absolute Gasteiger partial charge is 1.00 e. The summed E-state index contributed by atoms with van der Waals surface area (Å²) in [4.78, 5) is 61.3. The van der Waals surface area contributed by atoms with E-state index >= 15 is 0 Å². The van der Waals surface area contributed by atoms with Gasteiger partial charge in [0.15, 0.2) is 12.1 Å². The van der Waals surface area contributed by atoms with Gasteiger partial charge in [-0.3, -0.25) is 19.0 Å². The van der Waals surface area contributed by atoms with Crippen LogP contribution in [0.1, 0.15) is 88.8 Å². The lowest BCUT2D eigenvalue weighted by Crippen LogP contribution is -2.45. The minimum absolute atomic E-state index is 0. The molecule has 2 atom stereocenters. The number of hydrogen-bond acceptors (Lipinski definition) is 7. The molecule has 1 saturated heterocycles. The third kappa shape index (κ3) is 8.35. The van der Waals surface area contributed by atoms with Crippen LogP contribution in [0.25, 0.3) is 10.9 Å². The van der Waals surface area contributed by atoms with Crippen molar-refractivity contribution >= 4 is 46.1 Å². The molecule has 0 aliphatic carbocycles. The topological polar surface area (TPSA) is 120 Å². The van der Waals surface area contributed by atoms with Crippen LogP contribution in [-0.2, 0) is 27.3 Å². The third-order valence-electron chi connectivity index (χ3n) is 8.84. The van der Waals surface area contributed by atoms with Crippen molar-refractivity contribution in [2.45, 2.75) is 97.8 Å². The number of carbonyl (C=O) groups is 3. The predicted molar refractivity (Wildman–Crippen MR) is 196 cm³/mol. The predicted octanol–water partition coefficient (Wildman–Crippen LogP) is 8.20. The Hall–Kier alpha value is -4.70. The molecule has 1 aliphatic rings. The fourth-order valence-corrected chi connectivity index (χ4v) is 6.37. The molecule has 1 N–H and O–H groups in total. The first-order valence-corrected chi connectivity index (χ1v) is 17.8. The minimum atomic E-state index is -1.63. The average Bonchev–Trinajstić information content (AvgIpc) is 3.37. The Balaban J connectivity index is 0.00000583. The van der Waals surface area contributed by atoms with Crippen LogP contribution in [0.4, 0.5) is 10.5 Å². The molecule has 0 radical (unpaired) electrons. The summed E-state index contributed by atoms with van der Waals surface area (Å²) in [5.41, 5.74) is 3.36. The van der Waals surface area contributed by atoms with Crippen LogP contribution in [0.2, 0.25) is 5.02 Å². The van der Waals surface area contributed by atoms with E-state index in [1.54, 1.807) is 36.4 Å². The van der Waals surface area contributed by atoms with E-state index in [2.05, 4.69) is 25.2 Å². The zero-order valence-corrected chi connectivity index (χ0v) is 29.9. The van der Waals surface area contributed by atoms with E-state index in [0.717, 1.165) is 59.4 Å².